The minimum Gasteiger partial charge on any atom is -0.443 e. The molecule has 404 valence electrons. The molecule has 6 aromatic rings. The Morgan fingerprint density at radius 3 is 2.16 bits per heavy atom. The first-order valence-corrected chi connectivity index (χ1v) is 25.8. The zero-order valence-electron chi connectivity index (χ0n) is 41.9. The van der Waals surface area contributed by atoms with Crippen molar-refractivity contribution in [2.75, 3.05) is 6.54 Å². The molecule has 9 rings (SSSR count). The van der Waals surface area contributed by atoms with Crippen molar-refractivity contribution in [1.82, 2.24) is 72.4 Å². The second-order valence-corrected chi connectivity index (χ2v) is 20.0. The molecule has 0 spiro atoms. The van der Waals surface area contributed by atoms with Gasteiger partial charge in [-0.1, -0.05) is 33.2 Å². The maximum absolute atomic E-state index is 13.7. The normalized spacial score (nSPS) is 17.3. The standard InChI is InChI=1S/C49H43N15O12S3/c1-18-11-28-41(70)63-34(18)47-64-35(25(8)76-47)45(74)51-13-33-57-30(15-77-33)42(71)56-24(7)48-61-31(16-78-48)43(72)54-22(5)39(68)55-23(6)46-60-29(14-75-46)36-26(49-62-32(17-79-49)44(73)59-28)9-10-27(58-36)40(69)53-21(4)38(67)52-20(3)37(66)50-12-19(2)65/h9-10,14-18,24,28H,3-6,11-13H2,1-2,7-8H3,(H,50,66)(H,51,74)(H,52,67)(H,53,69)(H,54,72)(H,55,68)(H,56,71)(H,59,73). The zero-order valence-corrected chi connectivity index (χ0v) is 44.3. The number of nitrogens with one attached hydrogen (secondary N) is 8. The van der Waals surface area contributed by atoms with Gasteiger partial charge in [0, 0.05) is 27.6 Å². The highest BCUT2D eigenvalue weighted by atomic mass is 32.1. The number of fused-ring (bicyclic) bond motifs is 12. The van der Waals surface area contributed by atoms with Gasteiger partial charge in [0.25, 0.3) is 53.2 Å². The molecular weight excluding hydrogens is 1090 g/mol. The summed E-state index contributed by atoms with van der Waals surface area (Å²) in [6, 6.07) is 0.863. The average molecular weight is 1130 g/mol. The summed E-state index contributed by atoms with van der Waals surface area (Å²) in [7, 11) is 0. The fourth-order valence-electron chi connectivity index (χ4n) is 7.20. The number of amides is 9. The topological polar surface area (TPSA) is 383 Å². The highest BCUT2D eigenvalue weighted by Gasteiger charge is 2.35. The second-order valence-electron chi connectivity index (χ2n) is 17.3. The van der Waals surface area contributed by atoms with E-state index in [0.717, 1.165) is 40.3 Å². The van der Waals surface area contributed by atoms with E-state index in [-0.39, 0.29) is 105 Å². The van der Waals surface area contributed by atoms with E-state index in [1.165, 1.54) is 42.1 Å². The minimum atomic E-state index is -1.11. The lowest BCUT2D eigenvalue weighted by molar-refractivity contribution is -0.123. The Kier molecular flexibility index (Phi) is 16.3. The van der Waals surface area contributed by atoms with Gasteiger partial charge in [-0.15, -0.1) is 34.0 Å². The average Bonchev–Trinajstić information content (AvgIpc) is 4.31. The maximum atomic E-state index is 13.7. The van der Waals surface area contributed by atoms with Crippen molar-refractivity contribution in [3.63, 3.8) is 0 Å². The van der Waals surface area contributed by atoms with Crippen molar-refractivity contribution < 1.29 is 56.8 Å². The highest BCUT2D eigenvalue weighted by molar-refractivity contribution is 7.13. The van der Waals surface area contributed by atoms with Crippen molar-refractivity contribution in [2.24, 2.45) is 10.9 Å². The van der Waals surface area contributed by atoms with E-state index in [2.05, 4.69) is 104 Å². The van der Waals surface area contributed by atoms with Crippen LogP contribution in [-0.4, -0.2) is 107 Å². The molecule has 3 aliphatic rings. The maximum Gasteiger partial charge on any atom is 0.275 e. The van der Waals surface area contributed by atoms with Gasteiger partial charge in [-0.2, -0.15) is 0 Å². The molecule has 0 fully saturated rings. The summed E-state index contributed by atoms with van der Waals surface area (Å²) in [5, 5.41) is 24.9. The second kappa shape index (κ2) is 23.2. The lowest BCUT2D eigenvalue weighted by Crippen LogP contribution is -2.45. The van der Waals surface area contributed by atoms with Crippen LogP contribution in [0.25, 0.3) is 27.7 Å². The molecule has 0 radical (unpaired) electrons. The zero-order chi connectivity index (χ0) is 57.0. The van der Waals surface area contributed by atoms with Crippen LogP contribution in [0.2, 0.25) is 0 Å². The third kappa shape index (κ3) is 12.7. The lowest BCUT2D eigenvalue weighted by Gasteiger charge is -2.24. The molecule has 27 nitrogen and oxygen atoms in total. The molecular formula is C49H43N15O12S3. The summed E-state index contributed by atoms with van der Waals surface area (Å²) < 4.78 is 11.5. The SMILES string of the molecule is C=C(NC(=O)C(=C)NC(=O)c1ccc2c(n1)-c1coc(n1)C(=C)NC(=O)C(=C)NC(=O)c1csc(n1)C(C)NC(=O)c1csc(n1)CNC(=O)c1nc(oc1C)C1=NC(=O)C(CC1C)NC(=O)c1csc-2n1)C(=O)NCC(C)=O. The number of rotatable bonds is 7. The van der Waals surface area contributed by atoms with Crippen LogP contribution < -0.4 is 42.5 Å². The number of ketones is 1. The first-order chi connectivity index (χ1) is 37.5. The lowest BCUT2D eigenvalue weighted by atomic mass is 9.92. The molecule has 12 bridgehead atoms. The third-order valence-electron chi connectivity index (χ3n) is 11.3. The van der Waals surface area contributed by atoms with Gasteiger partial charge in [0.1, 0.15) is 78.7 Å². The predicted molar refractivity (Wildman–Crippen MR) is 281 cm³/mol. The van der Waals surface area contributed by atoms with E-state index in [9.17, 15) is 47.9 Å². The van der Waals surface area contributed by atoms with Crippen molar-refractivity contribution in [3.05, 3.63) is 134 Å². The number of oxazole rings is 2. The van der Waals surface area contributed by atoms with Crippen molar-refractivity contribution >= 4 is 104 Å². The Labute approximate surface area is 457 Å². The number of aryl methyl sites for hydroxylation is 1. The van der Waals surface area contributed by atoms with Gasteiger partial charge in [0.15, 0.2) is 5.69 Å². The quantitative estimate of drug-likeness (QED) is 0.106. The monoisotopic (exact) mass is 1130 g/mol. The van der Waals surface area contributed by atoms with Crippen molar-refractivity contribution in [1.29, 1.82) is 0 Å². The summed E-state index contributed by atoms with van der Waals surface area (Å²) in [6.45, 7) is 20.2. The van der Waals surface area contributed by atoms with Crippen LogP contribution in [0.1, 0.15) is 113 Å². The smallest absolute Gasteiger partial charge is 0.275 e. The summed E-state index contributed by atoms with van der Waals surface area (Å²) in [5.41, 5.74) is -1.99. The molecule has 0 aromatic carbocycles. The fraction of sp³-hybridized carbons (Fsp3) is 0.204. The third-order valence-corrected chi connectivity index (χ3v) is 14.0. The fourth-order valence-corrected chi connectivity index (χ4v) is 9.54. The molecule has 0 saturated heterocycles. The van der Waals surface area contributed by atoms with Gasteiger partial charge in [-0.05, 0) is 39.3 Å². The molecule has 3 atom stereocenters. The predicted octanol–water partition coefficient (Wildman–Crippen LogP) is 2.57. The summed E-state index contributed by atoms with van der Waals surface area (Å²) in [4.78, 5) is 161. The van der Waals surface area contributed by atoms with Crippen LogP contribution in [0, 0.1) is 12.8 Å². The van der Waals surface area contributed by atoms with E-state index in [1.54, 1.807) is 13.8 Å². The molecule has 6 aromatic heterocycles. The number of Topliss-reactive ketones (excluding diaryl/α,β-unsaturated/α-hetero) is 1. The molecule has 0 saturated carbocycles. The van der Waals surface area contributed by atoms with E-state index >= 15 is 0 Å². The number of hydrogen-bond acceptors (Lipinski definition) is 21. The van der Waals surface area contributed by atoms with Crippen LogP contribution in [0.15, 0.2) is 91.8 Å². The number of pyridine rings is 1. The van der Waals surface area contributed by atoms with Gasteiger partial charge in [0.2, 0.25) is 11.8 Å². The van der Waals surface area contributed by atoms with Crippen LogP contribution in [0.3, 0.4) is 0 Å². The Morgan fingerprint density at radius 1 is 0.722 bits per heavy atom. The molecule has 0 aliphatic carbocycles. The Morgan fingerprint density at radius 2 is 1.41 bits per heavy atom. The van der Waals surface area contributed by atoms with Gasteiger partial charge >= 0.3 is 0 Å². The molecule has 30 heteroatoms. The number of carbonyl (C=O) groups is 10. The molecule has 3 aliphatic heterocycles. The van der Waals surface area contributed by atoms with Gasteiger partial charge in [-0.3, -0.25) is 47.9 Å². The number of aromatic nitrogens is 6. The summed E-state index contributed by atoms with van der Waals surface area (Å²) in [6.07, 6.45) is 1.17. The molecule has 9 amide bonds. The first-order valence-electron chi connectivity index (χ1n) is 23.1. The largest absolute Gasteiger partial charge is 0.443 e. The van der Waals surface area contributed by atoms with Crippen LogP contribution in [0.4, 0.5) is 0 Å². The van der Waals surface area contributed by atoms with E-state index in [1.807, 2.05) is 0 Å². The van der Waals surface area contributed by atoms with Gasteiger partial charge < -0.3 is 51.4 Å². The Bertz CT molecular complexity index is 3670. The van der Waals surface area contributed by atoms with E-state index in [0.29, 0.717) is 10.0 Å². The summed E-state index contributed by atoms with van der Waals surface area (Å²) >= 11 is 3.16. The first kappa shape index (κ1) is 55.4. The molecule has 9 heterocycles. The van der Waals surface area contributed by atoms with Gasteiger partial charge in [-0.25, -0.2) is 34.9 Å². The van der Waals surface area contributed by atoms with E-state index in [4.69, 9.17) is 8.83 Å². The molecule has 3 unspecified atom stereocenters. The van der Waals surface area contributed by atoms with E-state index < -0.39 is 88.3 Å². The highest BCUT2D eigenvalue weighted by Crippen LogP contribution is 2.34. The number of thiazole rings is 3. The summed E-state index contributed by atoms with van der Waals surface area (Å²) in [5.74, 6) is -8.33. The molecule has 8 N–H and O–H groups in total. The molecule has 79 heavy (non-hydrogen) atoms. The number of hydrogen-bond donors (Lipinski definition) is 8. The van der Waals surface area contributed by atoms with Crippen LogP contribution >= 0.6 is 34.0 Å². The number of carbonyl (C=O) groups excluding carboxylic acids is 10. The van der Waals surface area contributed by atoms with Crippen LogP contribution in [0.5, 0.6) is 0 Å². The van der Waals surface area contributed by atoms with Crippen LogP contribution in [-0.2, 0) is 30.5 Å². The Hall–Kier alpha value is -9.81. The number of nitrogens with zero attached hydrogens (tertiary/aromatic N) is 7. The minimum absolute atomic E-state index is 0.0539. The number of aliphatic imine (C=N–C) groups is 1. The Balaban J connectivity index is 1.08. The van der Waals surface area contributed by atoms with Crippen molar-refractivity contribution in [2.45, 2.75) is 52.7 Å². The van der Waals surface area contributed by atoms with Crippen molar-refractivity contribution in [3.8, 4) is 22.0 Å². The van der Waals surface area contributed by atoms with Gasteiger partial charge in [0.05, 0.1) is 41.9 Å².